The summed E-state index contributed by atoms with van der Waals surface area (Å²) in [7, 11) is 0. The van der Waals surface area contributed by atoms with Gasteiger partial charge in [0.15, 0.2) is 5.13 Å². The van der Waals surface area contributed by atoms with Gasteiger partial charge in [0.2, 0.25) is 0 Å². The SMILES string of the molecule is CCc1csc(N(CC2CCNCC2)C2CC2)n1. The smallest absolute Gasteiger partial charge is 0.185 e. The van der Waals surface area contributed by atoms with E-state index in [2.05, 4.69) is 22.5 Å². The van der Waals surface area contributed by atoms with Crippen molar-refractivity contribution in [3.63, 3.8) is 0 Å². The first kappa shape index (κ1) is 12.4. The third-order valence-electron chi connectivity index (χ3n) is 4.05. The molecular weight excluding hydrogens is 242 g/mol. The predicted molar refractivity (Wildman–Crippen MR) is 77.5 cm³/mol. The molecule has 2 aliphatic rings. The fourth-order valence-corrected chi connectivity index (χ4v) is 3.69. The second-order valence-electron chi connectivity index (χ2n) is 5.55. The Morgan fingerprint density at radius 1 is 1.33 bits per heavy atom. The minimum Gasteiger partial charge on any atom is -0.345 e. The number of rotatable bonds is 5. The number of piperidine rings is 1. The van der Waals surface area contributed by atoms with Crippen molar-refractivity contribution < 1.29 is 0 Å². The molecule has 0 radical (unpaired) electrons. The first-order chi connectivity index (χ1) is 8.86. The van der Waals surface area contributed by atoms with Crippen LogP contribution >= 0.6 is 11.3 Å². The van der Waals surface area contributed by atoms with Crippen LogP contribution in [0.3, 0.4) is 0 Å². The molecule has 1 aliphatic heterocycles. The Bertz CT molecular complexity index is 380. The van der Waals surface area contributed by atoms with Gasteiger partial charge < -0.3 is 10.2 Å². The van der Waals surface area contributed by atoms with Gasteiger partial charge in [0.05, 0.1) is 5.69 Å². The number of hydrogen-bond donors (Lipinski definition) is 1. The average molecular weight is 265 g/mol. The van der Waals surface area contributed by atoms with Crippen molar-refractivity contribution in [3.05, 3.63) is 11.1 Å². The monoisotopic (exact) mass is 265 g/mol. The lowest BCUT2D eigenvalue weighted by Gasteiger charge is -2.30. The Kier molecular flexibility index (Phi) is 3.85. The van der Waals surface area contributed by atoms with Gasteiger partial charge in [0, 0.05) is 18.0 Å². The summed E-state index contributed by atoms with van der Waals surface area (Å²) in [5.74, 6) is 0.862. The van der Waals surface area contributed by atoms with E-state index < -0.39 is 0 Å². The van der Waals surface area contributed by atoms with E-state index >= 15 is 0 Å². The summed E-state index contributed by atoms with van der Waals surface area (Å²) >= 11 is 1.84. The highest BCUT2D eigenvalue weighted by Gasteiger charge is 2.32. The van der Waals surface area contributed by atoms with Crippen molar-refractivity contribution in [2.75, 3.05) is 24.5 Å². The quantitative estimate of drug-likeness (QED) is 0.887. The van der Waals surface area contributed by atoms with Crippen LogP contribution in [0.1, 0.15) is 38.3 Å². The van der Waals surface area contributed by atoms with Crippen LogP contribution in [0.15, 0.2) is 5.38 Å². The van der Waals surface area contributed by atoms with Gasteiger partial charge >= 0.3 is 0 Å². The Labute approximate surface area is 114 Å². The highest BCUT2D eigenvalue weighted by molar-refractivity contribution is 7.13. The van der Waals surface area contributed by atoms with Crippen LogP contribution in [0.4, 0.5) is 5.13 Å². The molecule has 0 aromatic carbocycles. The summed E-state index contributed by atoms with van der Waals surface area (Å²) < 4.78 is 0. The Morgan fingerprint density at radius 3 is 2.72 bits per heavy atom. The summed E-state index contributed by atoms with van der Waals surface area (Å²) in [5, 5.41) is 6.95. The summed E-state index contributed by atoms with van der Waals surface area (Å²) in [6.45, 7) is 5.80. The normalized spacial score (nSPS) is 21.2. The number of nitrogens with zero attached hydrogens (tertiary/aromatic N) is 2. The number of nitrogens with one attached hydrogen (secondary N) is 1. The predicted octanol–water partition coefficient (Wildman–Crippen LogP) is 2.67. The van der Waals surface area contributed by atoms with Crippen LogP contribution in [-0.2, 0) is 6.42 Å². The van der Waals surface area contributed by atoms with E-state index in [0.29, 0.717) is 0 Å². The van der Waals surface area contributed by atoms with Gasteiger partial charge in [-0.05, 0) is 51.1 Å². The molecule has 100 valence electrons. The van der Waals surface area contributed by atoms with E-state index in [-0.39, 0.29) is 0 Å². The van der Waals surface area contributed by atoms with Crippen LogP contribution < -0.4 is 10.2 Å². The van der Waals surface area contributed by atoms with Crippen molar-refractivity contribution in [1.82, 2.24) is 10.3 Å². The molecule has 1 saturated carbocycles. The zero-order valence-corrected chi connectivity index (χ0v) is 12.0. The summed E-state index contributed by atoms with van der Waals surface area (Å²) in [4.78, 5) is 7.38. The van der Waals surface area contributed by atoms with Gasteiger partial charge in [-0.3, -0.25) is 0 Å². The lowest BCUT2D eigenvalue weighted by atomic mass is 9.97. The number of aromatic nitrogens is 1. The lowest BCUT2D eigenvalue weighted by Crippen LogP contribution is -2.37. The maximum absolute atomic E-state index is 4.78. The van der Waals surface area contributed by atoms with Gasteiger partial charge in [-0.25, -0.2) is 4.98 Å². The molecule has 1 N–H and O–H groups in total. The van der Waals surface area contributed by atoms with E-state index in [1.54, 1.807) is 0 Å². The first-order valence-electron chi connectivity index (χ1n) is 7.28. The standard InChI is InChI=1S/C14H23N3S/c1-2-12-10-18-14(16-12)17(13-3-4-13)9-11-5-7-15-8-6-11/h10-11,13,15H,2-9H2,1H3. The molecule has 1 aromatic rings. The molecule has 3 rings (SSSR count). The molecule has 0 bridgehead atoms. The fourth-order valence-electron chi connectivity index (χ4n) is 2.70. The largest absolute Gasteiger partial charge is 0.345 e. The maximum atomic E-state index is 4.78. The van der Waals surface area contributed by atoms with E-state index in [0.717, 1.165) is 18.4 Å². The van der Waals surface area contributed by atoms with Crippen LogP contribution in [0.5, 0.6) is 0 Å². The van der Waals surface area contributed by atoms with Gasteiger partial charge in [0.1, 0.15) is 0 Å². The van der Waals surface area contributed by atoms with Crippen LogP contribution in [0.2, 0.25) is 0 Å². The van der Waals surface area contributed by atoms with Gasteiger partial charge in [-0.2, -0.15) is 0 Å². The molecule has 0 unspecified atom stereocenters. The summed E-state index contributed by atoms with van der Waals surface area (Å²) in [6.07, 6.45) is 6.45. The Balaban J connectivity index is 1.67. The zero-order valence-electron chi connectivity index (χ0n) is 11.2. The van der Waals surface area contributed by atoms with Gasteiger partial charge in [-0.15, -0.1) is 11.3 Å². The minimum atomic E-state index is 0.788. The fraction of sp³-hybridized carbons (Fsp3) is 0.786. The molecule has 1 aromatic heterocycles. The number of hydrogen-bond acceptors (Lipinski definition) is 4. The van der Waals surface area contributed by atoms with Gasteiger partial charge in [0.25, 0.3) is 0 Å². The van der Waals surface area contributed by atoms with Crippen molar-refractivity contribution in [2.24, 2.45) is 5.92 Å². The molecule has 3 nitrogen and oxygen atoms in total. The van der Waals surface area contributed by atoms with E-state index in [1.807, 2.05) is 11.3 Å². The first-order valence-corrected chi connectivity index (χ1v) is 8.16. The van der Waals surface area contributed by atoms with Crippen LogP contribution in [-0.4, -0.2) is 30.7 Å². The summed E-state index contributed by atoms with van der Waals surface area (Å²) in [6, 6.07) is 0.788. The van der Waals surface area contributed by atoms with Gasteiger partial charge in [-0.1, -0.05) is 6.92 Å². The molecule has 1 aliphatic carbocycles. The van der Waals surface area contributed by atoms with E-state index in [9.17, 15) is 0 Å². The number of thiazole rings is 1. The number of anilines is 1. The Hall–Kier alpha value is -0.610. The van der Waals surface area contributed by atoms with Crippen LogP contribution in [0, 0.1) is 5.92 Å². The molecule has 2 fully saturated rings. The Morgan fingerprint density at radius 2 is 2.11 bits per heavy atom. The maximum Gasteiger partial charge on any atom is 0.185 e. The van der Waals surface area contributed by atoms with Crippen molar-refractivity contribution in [2.45, 2.75) is 45.1 Å². The van der Waals surface area contributed by atoms with E-state index in [1.165, 1.54) is 56.1 Å². The molecule has 0 atom stereocenters. The zero-order chi connectivity index (χ0) is 12.4. The molecule has 0 amide bonds. The highest BCUT2D eigenvalue weighted by Crippen LogP contribution is 2.35. The van der Waals surface area contributed by atoms with Crippen molar-refractivity contribution >= 4 is 16.5 Å². The minimum absolute atomic E-state index is 0.788. The molecule has 1 saturated heterocycles. The highest BCUT2D eigenvalue weighted by atomic mass is 32.1. The second kappa shape index (κ2) is 5.57. The van der Waals surface area contributed by atoms with Crippen molar-refractivity contribution in [1.29, 1.82) is 0 Å². The third kappa shape index (κ3) is 2.86. The molecule has 4 heteroatoms. The molecule has 0 spiro atoms. The molecule has 18 heavy (non-hydrogen) atoms. The van der Waals surface area contributed by atoms with Crippen molar-refractivity contribution in [3.8, 4) is 0 Å². The lowest BCUT2D eigenvalue weighted by molar-refractivity contribution is 0.372. The average Bonchev–Trinajstić information content (AvgIpc) is 3.14. The molecular formula is C14H23N3S. The van der Waals surface area contributed by atoms with E-state index in [4.69, 9.17) is 4.98 Å². The number of aryl methyl sites for hydroxylation is 1. The molecule has 2 heterocycles. The topological polar surface area (TPSA) is 28.2 Å². The summed E-state index contributed by atoms with van der Waals surface area (Å²) in [5.41, 5.74) is 1.26. The second-order valence-corrected chi connectivity index (χ2v) is 6.39. The third-order valence-corrected chi connectivity index (χ3v) is 4.98. The van der Waals surface area contributed by atoms with Crippen LogP contribution in [0.25, 0.3) is 0 Å².